The Morgan fingerprint density at radius 3 is 2.12 bits per heavy atom. The molecule has 0 unspecified atom stereocenters. The van der Waals surface area contributed by atoms with Crippen LogP contribution in [0.4, 0.5) is 17.3 Å². The van der Waals surface area contributed by atoms with Crippen molar-refractivity contribution in [2.75, 3.05) is 13.1 Å². The Labute approximate surface area is 98.5 Å². The molecule has 0 bridgehead atoms. The fourth-order valence-electron chi connectivity index (χ4n) is 1.36. The van der Waals surface area contributed by atoms with Crippen molar-refractivity contribution in [3.8, 4) is 0 Å². The molecule has 0 amide bonds. The van der Waals surface area contributed by atoms with Gasteiger partial charge in [-0.15, -0.1) is 0 Å². The van der Waals surface area contributed by atoms with Gasteiger partial charge in [-0.3, -0.25) is 0 Å². The van der Waals surface area contributed by atoms with E-state index >= 15 is 0 Å². The van der Waals surface area contributed by atoms with Crippen LogP contribution in [0.25, 0.3) is 0 Å². The Balaban J connectivity index is 0.000000221. The summed E-state index contributed by atoms with van der Waals surface area (Å²) in [5.74, 6) is 0. The molecular formula is C7H11BF4N2S2. The van der Waals surface area contributed by atoms with E-state index in [1.165, 1.54) is 36.3 Å². The molecule has 1 aromatic rings. The predicted molar refractivity (Wildman–Crippen MR) is 59.0 cm³/mol. The molecule has 0 aliphatic carbocycles. The molecular weight excluding hydrogens is 263 g/mol. The second-order valence-electron chi connectivity index (χ2n) is 3.23. The lowest BCUT2D eigenvalue weighted by atomic mass is 10.2. The van der Waals surface area contributed by atoms with Gasteiger partial charge in [-0.05, 0) is 17.8 Å². The van der Waals surface area contributed by atoms with Crippen molar-refractivity contribution in [1.82, 2.24) is 8.95 Å². The van der Waals surface area contributed by atoms with E-state index in [9.17, 15) is 17.3 Å². The fourth-order valence-corrected chi connectivity index (χ4v) is 2.95. The van der Waals surface area contributed by atoms with Gasteiger partial charge in [-0.2, -0.15) is 4.37 Å². The zero-order valence-electron chi connectivity index (χ0n) is 8.41. The average Bonchev–Trinajstić information content (AvgIpc) is 2.69. The second-order valence-corrected chi connectivity index (χ2v) is 5.10. The summed E-state index contributed by atoms with van der Waals surface area (Å²) in [6.07, 6.45) is 4.11. The normalized spacial score (nSPS) is 16.6. The molecule has 0 saturated carbocycles. The lowest BCUT2D eigenvalue weighted by Gasteiger charge is -2.06. The van der Waals surface area contributed by atoms with Crippen LogP contribution in [0, 0.1) is 0 Å². The quantitative estimate of drug-likeness (QED) is 0.403. The van der Waals surface area contributed by atoms with Gasteiger partial charge in [0.2, 0.25) is 0 Å². The van der Waals surface area contributed by atoms with Crippen molar-refractivity contribution in [2.24, 2.45) is 0 Å². The number of piperidine rings is 1. The zero-order valence-corrected chi connectivity index (χ0v) is 10.0. The third-order valence-electron chi connectivity index (χ3n) is 1.94. The SMILES string of the molecule is F[B-](F)(F)F.c1nsc(=[N+]2CCCCC2)s1. The Hall–Kier alpha value is -0.435. The van der Waals surface area contributed by atoms with Gasteiger partial charge in [0, 0.05) is 24.4 Å². The predicted octanol–water partition coefficient (Wildman–Crippen LogP) is 2.46. The first kappa shape index (κ1) is 13.6. The van der Waals surface area contributed by atoms with E-state index in [2.05, 4.69) is 8.95 Å². The lowest BCUT2D eigenvalue weighted by Crippen LogP contribution is -2.31. The first-order chi connectivity index (χ1) is 7.47. The highest BCUT2D eigenvalue weighted by molar-refractivity contribution is 7.22. The molecule has 1 aliphatic heterocycles. The van der Waals surface area contributed by atoms with Gasteiger partial charge in [0.05, 0.1) is 5.51 Å². The van der Waals surface area contributed by atoms with Crippen molar-refractivity contribution in [1.29, 1.82) is 0 Å². The monoisotopic (exact) mass is 274 g/mol. The molecule has 9 heteroatoms. The van der Waals surface area contributed by atoms with Gasteiger partial charge < -0.3 is 17.3 Å². The number of aromatic nitrogens is 1. The van der Waals surface area contributed by atoms with Crippen LogP contribution in [0.3, 0.4) is 0 Å². The van der Waals surface area contributed by atoms with Crippen LogP contribution < -0.4 is 8.56 Å². The molecule has 0 spiro atoms. The van der Waals surface area contributed by atoms with Crippen LogP contribution in [0.5, 0.6) is 0 Å². The summed E-state index contributed by atoms with van der Waals surface area (Å²) in [5, 5.41) is 0. The van der Waals surface area contributed by atoms with Crippen molar-refractivity contribution in [3.63, 3.8) is 0 Å². The summed E-state index contributed by atoms with van der Waals surface area (Å²) in [7, 11) is -6.00. The molecule has 2 nitrogen and oxygen atoms in total. The Kier molecular flexibility index (Phi) is 5.40. The molecule has 92 valence electrons. The molecule has 1 aliphatic rings. The third kappa shape index (κ3) is 6.21. The first-order valence-corrected chi connectivity index (χ1v) is 6.47. The highest BCUT2D eigenvalue weighted by Gasteiger charge is 2.20. The number of rotatable bonds is 0. The standard InChI is InChI=1S/C7H11N2S2.BF4/c1-2-4-9(5-3-1)7-10-6-8-11-7;2-1(3,4)5/h6H,1-5H2;/q+1;-1. The minimum absolute atomic E-state index is 1.23. The van der Waals surface area contributed by atoms with Crippen molar-refractivity contribution >= 4 is 30.1 Å². The molecule has 2 rings (SSSR count). The van der Waals surface area contributed by atoms with Crippen LogP contribution in [0.2, 0.25) is 0 Å². The number of hydrogen-bond acceptors (Lipinski definition) is 3. The third-order valence-corrected chi connectivity index (χ3v) is 3.88. The molecule has 1 saturated heterocycles. The van der Waals surface area contributed by atoms with Crippen LogP contribution >= 0.6 is 22.9 Å². The maximum absolute atomic E-state index is 9.75. The van der Waals surface area contributed by atoms with E-state index in [1.54, 1.807) is 22.9 Å². The zero-order chi connectivity index (χ0) is 12.0. The van der Waals surface area contributed by atoms with Crippen molar-refractivity contribution in [3.05, 3.63) is 9.50 Å². The van der Waals surface area contributed by atoms with Crippen LogP contribution in [0.15, 0.2) is 5.51 Å². The number of hydrogen-bond donors (Lipinski definition) is 0. The summed E-state index contributed by atoms with van der Waals surface area (Å²) in [6.45, 7) is 2.47. The van der Waals surface area contributed by atoms with Gasteiger partial charge >= 0.3 is 11.2 Å². The smallest absolute Gasteiger partial charge is 0.418 e. The maximum Gasteiger partial charge on any atom is 0.673 e. The summed E-state index contributed by atoms with van der Waals surface area (Å²) >= 11 is 3.39. The van der Waals surface area contributed by atoms with E-state index in [0.29, 0.717) is 0 Å². The van der Waals surface area contributed by atoms with Gasteiger partial charge in [0.15, 0.2) is 0 Å². The number of halogens is 4. The average molecular weight is 274 g/mol. The summed E-state index contributed by atoms with van der Waals surface area (Å²) < 4.78 is 46.9. The minimum Gasteiger partial charge on any atom is -0.418 e. The molecule has 0 atom stereocenters. The highest BCUT2D eigenvalue weighted by Crippen LogP contribution is 2.06. The highest BCUT2D eigenvalue weighted by atomic mass is 32.2. The van der Waals surface area contributed by atoms with E-state index < -0.39 is 7.25 Å². The molecule has 0 aromatic carbocycles. The van der Waals surface area contributed by atoms with E-state index in [0.717, 1.165) is 0 Å². The Morgan fingerprint density at radius 2 is 1.69 bits per heavy atom. The van der Waals surface area contributed by atoms with Gasteiger partial charge in [0.25, 0.3) is 0 Å². The molecule has 1 aromatic heterocycles. The first-order valence-electron chi connectivity index (χ1n) is 4.81. The van der Waals surface area contributed by atoms with Crippen molar-refractivity contribution in [2.45, 2.75) is 19.3 Å². The van der Waals surface area contributed by atoms with E-state index in [-0.39, 0.29) is 0 Å². The molecule has 16 heavy (non-hydrogen) atoms. The van der Waals surface area contributed by atoms with Gasteiger partial charge in [0.1, 0.15) is 13.1 Å². The molecule has 0 radical (unpaired) electrons. The Bertz CT molecular complexity index is 342. The largest absolute Gasteiger partial charge is 0.673 e. The minimum atomic E-state index is -6.00. The van der Waals surface area contributed by atoms with E-state index in [1.807, 2.05) is 5.51 Å². The Morgan fingerprint density at radius 1 is 1.12 bits per heavy atom. The summed E-state index contributed by atoms with van der Waals surface area (Å²) in [4.78, 5) is 0. The van der Waals surface area contributed by atoms with Gasteiger partial charge in [-0.25, -0.2) is 4.58 Å². The molecule has 2 heterocycles. The summed E-state index contributed by atoms with van der Waals surface area (Å²) in [5.41, 5.74) is 1.93. The van der Waals surface area contributed by atoms with E-state index in [4.69, 9.17) is 0 Å². The number of nitrogens with zero attached hydrogens (tertiary/aromatic N) is 2. The van der Waals surface area contributed by atoms with Crippen LogP contribution in [0.1, 0.15) is 19.3 Å². The fraction of sp³-hybridized carbons (Fsp3) is 0.714. The lowest BCUT2D eigenvalue weighted by molar-refractivity contribution is 0.368. The van der Waals surface area contributed by atoms with Crippen molar-refractivity contribution < 1.29 is 17.3 Å². The molecule has 1 fully saturated rings. The van der Waals surface area contributed by atoms with Crippen LogP contribution in [-0.4, -0.2) is 24.7 Å². The maximum atomic E-state index is 9.75. The summed E-state index contributed by atoms with van der Waals surface area (Å²) in [6, 6.07) is 0. The second kappa shape index (κ2) is 6.34. The molecule has 0 N–H and O–H groups in total. The van der Waals surface area contributed by atoms with Gasteiger partial charge in [-0.1, -0.05) is 0 Å². The van der Waals surface area contributed by atoms with Crippen LogP contribution in [-0.2, 0) is 0 Å². The topological polar surface area (TPSA) is 15.9 Å².